The number of hydrogen-bond acceptors (Lipinski definition) is 4. The molecule has 0 aliphatic rings. The molecular formula is C10H13N5. The molecule has 5 heteroatoms. The zero-order valence-corrected chi connectivity index (χ0v) is 8.49. The number of H-pyrrole nitrogens is 1. The van der Waals surface area contributed by atoms with Crippen molar-refractivity contribution in [1.29, 1.82) is 0 Å². The summed E-state index contributed by atoms with van der Waals surface area (Å²) in [4.78, 5) is 11.2. The molecule has 0 aliphatic heterocycles. The van der Waals surface area contributed by atoms with Gasteiger partial charge in [-0.3, -0.25) is 0 Å². The van der Waals surface area contributed by atoms with Crippen molar-refractivity contribution in [1.82, 2.24) is 15.0 Å². The molecule has 0 spiro atoms. The number of nitrogens with zero attached hydrogens (tertiary/aromatic N) is 2. The van der Waals surface area contributed by atoms with Crippen molar-refractivity contribution in [2.24, 2.45) is 0 Å². The predicted octanol–water partition coefficient (Wildman–Crippen LogP) is 1.98. The van der Waals surface area contributed by atoms with E-state index < -0.39 is 0 Å². The number of nitrogens with one attached hydrogen (secondary N) is 3. The summed E-state index contributed by atoms with van der Waals surface area (Å²) in [6.07, 6.45) is 5.26. The van der Waals surface area contributed by atoms with Crippen LogP contribution in [0.4, 0.5) is 17.3 Å². The van der Waals surface area contributed by atoms with E-state index in [1.165, 1.54) is 6.33 Å². The molecule has 2 heterocycles. The molecule has 0 radical (unpaired) electrons. The summed E-state index contributed by atoms with van der Waals surface area (Å²) in [7, 11) is 0. The van der Waals surface area contributed by atoms with Crippen LogP contribution in [-0.4, -0.2) is 21.5 Å². The number of hydrogen-bond donors (Lipinski definition) is 3. The van der Waals surface area contributed by atoms with Crippen molar-refractivity contribution < 1.29 is 0 Å². The molecule has 0 aromatic carbocycles. The Morgan fingerprint density at radius 2 is 2.20 bits per heavy atom. The summed E-state index contributed by atoms with van der Waals surface area (Å²) in [6, 6.07) is 3.81. The Morgan fingerprint density at radius 3 is 2.93 bits per heavy atom. The molecule has 15 heavy (non-hydrogen) atoms. The van der Waals surface area contributed by atoms with Crippen LogP contribution in [-0.2, 0) is 0 Å². The van der Waals surface area contributed by atoms with Gasteiger partial charge in [-0.25, -0.2) is 9.97 Å². The Hall–Kier alpha value is -2.04. The van der Waals surface area contributed by atoms with E-state index in [-0.39, 0.29) is 0 Å². The predicted molar refractivity (Wildman–Crippen MR) is 60.3 cm³/mol. The van der Waals surface area contributed by atoms with Gasteiger partial charge in [0, 0.05) is 25.0 Å². The normalized spacial score (nSPS) is 9.93. The summed E-state index contributed by atoms with van der Waals surface area (Å²) < 4.78 is 0. The molecule has 78 valence electrons. The fourth-order valence-corrected chi connectivity index (χ4v) is 1.25. The van der Waals surface area contributed by atoms with Crippen LogP contribution in [0, 0.1) is 0 Å². The average molecular weight is 203 g/mol. The van der Waals surface area contributed by atoms with E-state index in [4.69, 9.17) is 0 Å². The van der Waals surface area contributed by atoms with Gasteiger partial charge in [0.25, 0.3) is 0 Å². The smallest absolute Gasteiger partial charge is 0.135 e. The first kappa shape index (κ1) is 9.51. The third kappa shape index (κ3) is 2.46. The molecular weight excluding hydrogens is 190 g/mol. The third-order valence-electron chi connectivity index (χ3n) is 1.90. The highest BCUT2D eigenvalue weighted by Gasteiger charge is 1.98. The van der Waals surface area contributed by atoms with Crippen molar-refractivity contribution in [3.05, 3.63) is 30.9 Å². The first-order chi connectivity index (χ1) is 7.38. The molecule has 0 atom stereocenters. The third-order valence-corrected chi connectivity index (χ3v) is 1.90. The lowest BCUT2D eigenvalue weighted by Gasteiger charge is -2.05. The minimum Gasteiger partial charge on any atom is -0.370 e. The fraction of sp³-hybridized carbons (Fsp3) is 0.200. The van der Waals surface area contributed by atoms with Crippen LogP contribution in [0.3, 0.4) is 0 Å². The van der Waals surface area contributed by atoms with Crippen molar-refractivity contribution in [3.63, 3.8) is 0 Å². The average Bonchev–Trinajstić information content (AvgIpc) is 2.71. The molecule has 2 aromatic rings. The lowest BCUT2D eigenvalue weighted by molar-refractivity contribution is 1.11. The van der Waals surface area contributed by atoms with Gasteiger partial charge in [0.2, 0.25) is 0 Å². The number of aromatic nitrogens is 3. The number of anilines is 3. The molecule has 0 amide bonds. The van der Waals surface area contributed by atoms with Gasteiger partial charge in [-0.15, -0.1) is 0 Å². The van der Waals surface area contributed by atoms with E-state index in [0.717, 1.165) is 23.9 Å². The molecule has 2 rings (SSSR count). The van der Waals surface area contributed by atoms with Crippen LogP contribution in [0.25, 0.3) is 0 Å². The molecule has 3 N–H and O–H groups in total. The molecule has 5 nitrogen and oxygen atoms in total. The number of rotatable bonds is 4. The summed E-state index contributed by atoms with van der Waals surface area (Å²) >= 11 is 0. The summed E-state index contributed by atoms with van der Waals surface area (Å²) in [5, 5.41) is 6.29. The standard InChI is InChI=1S/C10H13N5/c1-2-12-9-5-10(14-7-13-9)15-8-3-4-11-6-8/h3-7,11H,2H2,1H3,(H2,12,13,14,15). The van der Waals surface area contributed by atoms with E-state index in [2.05, 4.69) is 25.6 Å². The van der Waals surface area contributed by atoms with Gasteiger partial charge in [-0.2, -0.15) is 0 Å². The molecule has 0 aliphatic carbocycles. The van der Waals surface area contributed by atoms with Crippen LogP contribution in [0.1, 0.15) is 6.92 Å². The van der Waals surface area contributed by atoms with Gasteiger partial charge in [0.1, 0.15) is 18.0 Å². The first-order valence-corrected chi connectivity index (χ1v) is 4.84. The van der Waals surface area contributed by atoms with Crippen molar-refractivity contribution in [2.45, 2.75) is 6.92 Å². The minimum atomic E-state index is 0.778. The van der Waals surface area contributed by atoms with Gasteiger partial charge in [0.15, 0.2) is 0 Å². The van der Waals surface area contributed by atoms with Crippen molar-refractivity contribution in [3.8, 4) is 0 Å². The zero-order valence-electron chi connectivity index (χ0n) is 8.49. The molecule has 0 bridgehead atoms. The Balaban J connectivity index is 2.11. The Labute approximate surface area is 88.0 Å². The molecule has 0 saturated carbocycles. The van der Waals surface area contributed by atoms with Gasteiger partial charge >= 0.3 is 0 Å². The van der Waals surface area contributed by atoms with Crippen LogP contribution in [0.15, 0.2) is 30.9 Å². The summed E-state index contributed by atoms with van der Waals surface area (Å²) in [6.45, 7) is 2.88. The Kier molecular flexibility index (Phi) is 2.82. The lowest BCUT2D eigenvalue weighted by atomic mass is 10.4. The van der Waals surface area contributed by atoms with E-state index in [0.29, 0.717) is 0 Å². The first-order valence-electron chi connectivity index (χ1n) is 4.84. The second-order valence-electron chi connectivity index (χ2n) is 3.04. The van der Waals surface area contributed by atoms with Crippen LogP contribution >= 0.6 is 0 Å². The fourth-order valence-electron chi connectivity index (χ4n) is 1.25. The van der Waals surface area contributed by atoms with Gasteiger partial charge in [-0.1, -0.05) is 0 Å². The Bertz CT molecular complexity index is 410. The molecule has 0 unspecified atom stereocenters. The quantitative estimate of drug-likeness (QED) is 0.710. The highest BCUT2D eigenvalue weighted by molar-refractivity contribution is 5.57. The van der Waals surface area contributed by atoms with Crippen LogP contribution in [0.2, 0.25) is 0 Å². The maximum Gasteiger partial charge on any atom is 0.135 e. The number of aromatic amines is 1. The maximum atomic E-state index is 4.12. The van der Waals surface area contributed by atoms with Crippen molar-refractivity contribution in [2.75, 3.05) is 17.2 Å². The monoisotopic (exact) mass is 203 g/mol. The highest BCUT2D eigenvalue weighted by Crippen LogP contribution is 2.14. The van der Waals surface area contributed by atoms with Gasteiger partial charge in [0.05, 0.1) is 5.69 Å². The second kappa shape index (κ2) is 4.45. The van der Waals surface area contributed by atoms with Crippen LogP contribution in [0.5, 0.6) is 0 Å². The molecule has 2 aromatic heterocycles. The van der Waals surface area contributed by atoms with Crippen LogP contribution < -0.4 is 10.6 Å². The highest BCUT2D eigenvalue weighted by atomic mass is 15.1. The van der Waals surface area contributed by atoms with Crippen molar-refractivity contribution >= 4 is 17.3 Å². The molecule has 0 fully saturated rings. The van der Waals surface area contributed by atoms with Gasteiger partial charge < -0.3 is 15.6 Å². The maximum absolute atomic E-state index is 4.12. The van der Waals surface area contributed by atoms with Gasteiger partial charge in [-0.05, 0) is 13.0 Å². The minimum absolute atomic E-state index is 0.778. The molecule has 0 saturated heterocycles. The van der Waals surface area contributed by atoms with E-state index >= 15 is 0 Å². The SMILES string of the molecule is CCNc1cc(Nc2cc[nH]c2)ncn1. The second-order valence-corrected chi connectivity index (χ2v) is 3.04. The van der Waals surface area contributed by atoms with E-state index in [1.54, 1.807) is 0 Å². The van der Waals surface area contributed by atoms with E-state index in [9.17, 15) is 0 Å². The lowest BCUT2D eigenvalue weighted by Crippen LogP contribution is -2.01. The van der Waals surface area contributed by atoms with E-state index in [1.807, 2.05) is 31.5 Å². The summed E-state index contributed by atoms with van der Waals surface area (Å²) in [5.74, 6) is 1.60. The largest absolute Gasteiger partial charge is 0.370 e. The summed E-state index contributed by atoms with van der Waals surface area (Å²) in [5.41, 5.74) is 0.983. The topological polar surface area (TPSA) is 65.6 Å². The zero-order chi connectivity index (χ0) is 10.5. The Morgan fingerprint density at radius 1 is 1.33 bits per heavy atom.